The first-order valence-corrected chi connectivity index (χ1v) is 9.27. The van der Waals surface area contributed by atoms with Crippen LogP contribution in [0.3, 0.4) is 0 Å². The molecule has 23 heavy (non-hydrogen) atoms. The van der Waals surface area contributed by atoms with E-state index in [-0.39, 0.29) is 11.2 Å². The molecule has 0 aliphatic carbocycles. The number of aromatic amines is 1. The van der Waals surface area contributed by atoms with Gasteiger partial charge in [-0.2, -0.15) is 0 Å². The van der Waals surface area contributed by atoms with Crippen LogP contribution in [0, 0.1) is 18.8 Å². The highest BCUT2D eigenvalue weighted by molar-refractivity contribution is 8.00. The molecule has 0 aliphatic rings. The largest absolute Gasteiger partial charge is 0.360 e. The Morgan fingerprint density at radius 3 is 2.61 bits per heavy atom. The fraction of sp³-hybridized carbons (Fsp3) is 0.526. The van der Waals surface area contributed by atoms with E-state index >= 15 is 0 Å². The van der Waals surface area contributed by atoms with Crippen LogP contribution in [0.5, 0.6) is 0 Å². The number of aromatic nitrogens is 1. The second-order valence-electron chi connectivity index (χ2n) is 7.03. The number of fused-ring (bicyclic) bond motifs is 1. The van der Waals surface area contributed by atoms with Gasteiger partial charge >= 0.3 is 0 Å². The van der Waals surface area contributed by atoms with E-state index in [2.05, 4.69) is 63.1 Å². The summed E-state index contributed by atoms with van der Waals surface area (Å²) in [5.41, 5.74) is 2.38. The molecule has 0 bridgehead atoms. The fourth-order valence-electron chi connectivity index (χ4n) is 2.63. The van der Waals surface area contributed by atoms with Crippen LogP contribution in [0.1, 0.15) is 39.7 Å². The van der Waals surface area contributed by atoms with Crippen molar-refractivity contribution in [2.24, 2.45) is 11.8 Å². The zero-order chi connectivity index (χ0) is 17.0. The van der Waals surface area contributed by atoms with Gasteiger partial charge in [0.2, 0.25) is 5.91 Å². The van der Waals surface area contributed by atoms with Crippen molar-refractivity contribution in [1.82, 2.24) is 10.3 Å². The van der Waals surface area contributed by atoms with E-state index in [1.807, 2.05) is 6.20 Å². The molecule has 1 aromatic carbocycles. The van der Waals surface area contributed by atoms with E-state index in [0.29, 0.717) is 11.8 Å². The molecule has 2 N–H and O–H groups in total. The van der Waals surface area contributed by atoms with Gasteiger partial charge in [-0.15, -0.1) is 11.8 Å². The molecule has 126 valence electrons. The number of benzene rings is 1. The van der Waals surface area contributed by atoms with E-state index in [1.165, 1.54) is 15.8 Å². The van der Waals surface area contributed by atoms with Gasteiger partial charge in [-0.25, -0.2) is 0 Å². The molecule has 0 saturated carbocycles. The van der Waals surface area contributed by atoms with Gasteiger partial charge in [0, 0.05) is 28.5 Å². The smallest absolute Gasteiger partial charge is 0.233 e. The molecule has 1 aromatic heterocycles. The maximum absolute atomic E-state index is 12.6. The summed E-state index contributed by atoms with van der Waals surface area (Å²) in [6.45, 7) is 11.4. The summed E-state index contributed by atoms with van der Waals surface area (Å²) in [5.74, 6) is 1.11. The minimum atomic E-state index is -0.0487. The second-order valence-corrected chi connectivity index (χ2v) is 8.27. The van der Waals surface area contributed by atoms with E-state index in [0.717, 1.165) is 18.5 Å². The molecule has 2 rings (SSSR count). The first-order valence-electron chi connectivity index (χ1n) is 8.39. The molecule has 1 atom stereocenters. The van der Waals surface area contributed by atoms with Gasteiger partial charge in [-0.05, 0) is 36.8 Å². The van der Waals surface area contributed by atoms with Crippen LogP contribution in [-0.4, -0.2) is 22.7 Å². The van der Waals surface area contributed by atoms with Crippen molar-refractivity contribution >= 4 is 28.6 Å². The van der Waals surface area contributed by atoms with E-state index in [4.69, 9.17) is 0 Å². The molecule has 0 aliphatic heterocycles. The molecule has 1 heterocycles. The highest BCUT2D eigenvalue weighted by Gasteiger charge is 2.22. The molecule has 0 saturated heterocycles. The third-order valence-electron chi connectivity index (χ3n) is 3.81. The minimum absolute atomic E-state index is 0.0487. The van der Waals surface area contributed by atoms with E-state index in [1.54, 1.807) is 11.8 Å². The summed E-state index contributed by atoms with van der Waals surface area (Å²) in [7, 11) is 0. The van der Waals surface area contributed by atoms with E-state index in [9.17, 15) is 4.79 Å². The minimum Gasteiger partial charge on any atom is -0.360 e. The van der Waals surface area contributed by atoms with Crippen LogP contribution in [0.4, 0.5) is 0 Å². The monoisotopic (exact) mass is 332 g/mol. The molecule has 0 spiro atoms. The topological polar surface area (TPSA) is 44.9 Å². The molecule has 1 amide bonds. The number of carbonyl (C=O) groups is 1. The van der Waals surface area contributed by atoms with Crippen LogP contribution in [0.25, 0.3) is 10.9 Å². The van der Waals surface area contributed by atoms with Crippen LogP contribution >= 0.6 is 11.8 Å². The Balaban J connectivity index is 2.20. The van der Waals surface area contributed by atoms with Crippen LogP contribution in [-0.2, 0) is 4.79 Å². The summed E-state index contributed by atoms with van der Waals surface area (Å²) in [5, 5.41) is 4.28. The molecule has 0 fully saturated rings. The Labute approximate surface area is 143 Å². The number of thioether (sulfide) groups is 1. The van der Waals surface area contributed by atoms with Gasteiger partial charge in [0.25, 0.3) is 0 Å². The Morgan fingerprint density at radius 2 is 1.96 bits per heavy atom. The molecular weight excluding hydrogens is 304 g/mol. The van der Waals surface area contributed by atoms with Crippen molar-refractivity contribution in [3.8, 4) is 0 Å². The maximum Gasteiger partial charge on any atom is 0.233 e. The predicted molar refractivity (Wildman–Crippen MR) is 100.0 cm³/mol. The standard InChI is InChI=1S/C19H28N2OS/c1-12(2)9-16(19(22)21-10-13(3)4)23-17-11-20-15-8-6-7-14(5)18(15)17/h6-8,11-13,16,20H,9-10H2,1-5H3,(H,21,22). The zero-order valence-electron chi connectivity index (χ0n) is 14.8. The molecule has 2 aromatic rings. The highest BCUT2D eigenvalue weighted by atomic mass is 32.2. The summed E-state index contributed by atoms with van der Waals surface area (Å²) in [6.07, 6.45) is 2.92. The summed E-state index contributed by atoms with van der Waals surface area (Å²) in [6, 6.07) is 6.27. The Morgan fingerprint density at radius 1 is 1.22 bits per heavy atom. The van der Waals surface area contributed by atoms with Crippen molar-refractivity contribution in [2.45, 2.75) is 51.2 Å². The Kier molecular flexibility index (Phi) is 6.17. The zero-order valence-corrected chi connectivity index (χ0v) is 15.6. The molecule has 1 unspecified atom stereocenters. The van der Waals surface area contributed by atoms with Crippen LogP contribution in [0.2, 0.25) is 0 Å². The Bertz CT molecular complexity index is 660. The fourth-order valence-corrected chi connectivity index (χ4v) is 4.13. The summed E-state index contributed by atoms with van der Waals surface area (Å²) >= 11 is 1.68. The predicted octanol–water partition coefficient (Wildman–Crippen LogP) is 4.76. The number of amides is 1. The molecule has 4 heteroatoms. The number of hydrogen-bond acceptors (Lipinski definition) is 2. The molecule has 0 radical (unpaired) electrons. The molecule has 3 nitrogen and oxygen atoms in total. The van der Waals surface area contributed by atoms with Crippen molar-refractivity contribution in [3.63, 3.8) is 0 Å². The lowest BCUT2D eigenvalue weighted by molar-refractivity contribution is -0.120. The third kappa shape index (κ3) is 4.77. The first kappa shape index (κ1) is 17.9. The number of nitrogens with one attached hydrogen (secondary N) is 2. The van der Waals surface area contributed by atoms with Crippen molar-refractivity contribution in [1.29, 1.82) is 0 Å². The number of rotatable bonds is 7. The third-order valence-corrected chi connectivity index (χ3v) is 5.08. The average molecular weight is 333 g/mol. The number of H-pyrrole nitrogens is 1. The number of hydrogen-bond donors (Lipinski definition) is 2. The molecular formula is C19H28N2OS. The van der Waals surface area contributed by atoms with Gasteiger partial charge in [-0.3, -0.25) is 4.79 Å². The van der Waals surface area contributed by atoms with Crippen molar-refractivity contribution in [2.75, 3.05) is 6.54 Å². The lowest BCUT2D eigenvalue weighted by Gasteiger charge is -2.19. The number of aryl methyl sites for hydroxylation is 1. The maximum atomic E-state index is 12.6. The van der Waals surface area contributed by atoms with Gasteiger partial charge in [0.05, 0.1) is 5.25 Å². The number of carbonyl (C=O) groups excluding carboxylic acids is 1. The Hall–Kier alpha value is -1.42. The van der Waals surface area contributed by atoms with Crippen molar-refractivity contribution < 1.29 is 4.79 Å². The van der Waals surface area contributed by atoms with Gasteiger partial charge in [0.15, 0.2) is 0 Å². The van der Waals surface area contributed by atoms with Gasteiger partial charge in [-0.1, -0.05) is 39.8 Å². The first-order chi connectivity index (χ1) is 10.9. The second kappa shape index (κ2) is 7.91. The summed E-state index contributed by atoms with van der Waals surface area (Å²) < 4.78 is 0. The van der Waals surface area contributed by atoms with Crippen molar-refractivity contribution in [3.05, 3.63) is 30.0 Å². The highest BCUT2D eigenvalue weighted by Crippen LogP contribution is 2.35. The van der Waals surface area contributed by atoms with Crippen LogP contribution in [0.15, 0.2) is 29.3 Å². The lowest BCUT2D eigenvalue weighted by atomic mass is 10.1. The van der Waals surface area contributed by atoms with Gasteiger partial charge < -0.3 is 10.3 Å². The SMILES string of the molecule is Cc1cccc2[nH]cc(SC(CC(C)C)C(=O)NCC(C)C)c12. The van der Waals surface area contributed by atoms with E-state index < -0.39 is 0 Å². The lowest BCUT2D eigenvalue weighted by Crippen LogP contribution is -2.35. The summed E-state index contributed by atoms with van der Waals surface area (Å²) in [4.78, 5) is 17.1. The van der Waals surface area contributed by atoms with Gasteiger partial charge in [0.1, 0.15) is 0 Å². The average Bonchev–Trinajstić information content (AvgIpc) is 2.88. The normalized spacial score (nSPS) is 13.0. The quantitative estimate of drug-likeness (QED) is 0.718. The van der Waals surface area contributed by atoms with Crippen LogP contribution < -0.4 is 5.32 Å².